The highest BCUT2D eigenvalue weighted by Gasteiger charge is 2.31. The van der Waals surface area contributed by atoms with E-state index in [1.165, 1.54) is 0 Å². The van der Waals surface area contributed by atoms with Gasteiger partial charge in [-0.25, -0.2) is 4.79 Å². The van der Waals surface area contributed by atoms with Gasteiger partial charge in [-0.2, -0.15) is 11.0 Å². The number of nitrogens with one attached hydrogen (secondary N) is 3. The summed E-state index contributed by atoms with van der Waals surface area (Å²) in [6, 6.07) is 10.1. The van der Waals surface area contributed by atoms with Crippen molar-refractivity contribution in [1.29, 1.82) is 0 Å². The molecule has 170 valence electrons. The lowest BCUT2D eigenvalue weighted by atomic mass is 9.98. The third-order valence-electron chi connectivity index (χ3n) is 4.66. The quantitative estimate of drug-likeness (QED) is 0.255. The molecule has 1 aromatic rings. The van der Waals surface area contributed by atoms with Crippen LogP contribution in [0.2, 0.25) is 0 Å². The lowest BCUT2D eigenvalue weighted by Crippen LogP contribution is -2.56. The second kappa shape index (κ2) is 12.2. The molecular weight excluding hydrogens is 388 g/mol. The Hall–Kier alpha value is -1.75. The summed E-state index contributed by atoms with van der Waals surface area (Å²) < 4.78 is 5.14. The molecule has 3 atom stereocenters. The third kappa shape index (κ3) is 9.38. The van der Waals surface area contributed by atoms with Crippen LogP contribution in [-0.4, -0.2) is 66.8 Å². The van der Waals surface area contributed by atoms with Crippen LogP contribution in [0.25, 0.3) is 0 Å². The first kappa shape index (κ1) is 24.5. The van der Waals surface area contributed by atoms with E-state index in [1.54, 1.807) is 20.8 Å². The van der Waals surface area contributed by atoms with Gasteiger partial charge in [0.25, 0.3) is 0 Å². The van der Waals surface area contributed by atoms with E-state index in [1.807, 2.05) is 37.4 Å². The smallest absolute Gasteiger partial charge is 0.407 e. The summed E-state index contributed by atoms with van der Waals surface area (Å²) in [7, 11) is 1.96. The maximum Gasteiger partial charge on any atom is 0.407 e. The Morgan fingerprint density at radius 2 is 1.97 bits per heavy atom. The molecule has 9 heteroatoms. The maximum absolute atomic E-state index is 11.6. The Bertz CT molecular complexity index is 626. The fourth-order valence-electron chi connectivity index (χ4n) is 3.22. The van der Waals surface area contributed by atoms with Crippen molar-refractivity contribution in [2.45, 2.75) is 64.1 Å². The van der Waals surface area contributed by atoms with Gasteiger partial charge >= 0.3 is 6.09 Å². The van der Waals surface area contributed by atoms with Crippen molar-refractivity contribution in [2.24, 2.45) is 0 Å². The first-order chi connectivity index (χ1) is 14.2. The van der Waals surface area contributed by atoms with Crippen LogP contribution < -0.4 is 16.3 Å². The number of ether oxygens (including phenoxy) is 1. The highest BCUT2D eigenvalue weighted by Crippen LogP contribution is 2.18. The molecule has 0 spiro atoms. The van der Waals surface area contributed by atoms with Gasteiger partial charge in [0.2, 0.25) is 0 Å². The Balaban J connectivity index is 1.57. The predicted molar refractivity (Wildman–Crippen MR) is 113 cm³/mol. The topological polar surface area (TPSA) is 104 Å². The molecule has 0 saturated carbocycles. The predicted octanol–water partition coefficient (Wildman–Crippen LogP) is 1.53. The fourth-order valence-corrected chi connectivity index (χ4v) is 3.22. The van der Waals surface area contributed by atoms with Crippen molar-refractivity contribution in [3.05, 3.63) is 35.9 Å². The van der Waals surface area contributed by atoms with Gasteiger partial charge in [0.1, 0.15) is 11.8 Å². The zero-order valence-electron chi connectivity index (χ0n) is 18.4. The molecule has 1 aliphatic heterocycles. The molecule has 0 aromatic heterocycles. The molecule has 0 bridgehead atoms. The number of amides is 1. The number of carbonyl (C=O) groups is 1. The summed E-state index contributed by atoms with van der Waals surface area (Å²) in [4.78, 5) is 24.5. The fraction of sp³-hybridized carbons (Fsp3) is 0.667. The monoisotopic (exact) mass is 424 g/mol. The van der Waals surface area contributed by atoms with Crippen LogP contribution in [0.15, 0.2) is 30.3 Å². The third-order valence-corrected chi connectivity index (χ3v) is 4.66. The lowest BCUT2D eigenvalue weighted by Gasteiger charge is -2.39. The molecule has 0 radical (unpaired) electrons. The first-order valence-corrected chi connectivity index (χ1v) is 10.4. The van der Waals surface area contributed by atoms with Crippen molar-refractivity contribution < 1.29 is 24.3 Å². The lowest BCUT2D eigenvalue weighted by molar-refractivity contribution is -0.103. The number of aliphatic hydroxyl groups excluding tert-OH is 1. The number of aliphatic hydroxyl groups is 1. The largest absolute Gasteiger partial charge is 0.444 e. The van der Waals surface area contributed by atoms with Gasteiger partial charge in [0.15, 0.2) is 0 Å². The van der Waals surface area contributed by atoms with E-state index in [9.17, 15) is 9.90 Å². The van der Waals surface area contributed by atoms with E-state index >= 15 is 0 Å². The normalized spacial score (nSPS) is 21.2. The van der Waals surface area contributed by atoms with Crippen molar-refractivity contribution in [3.8, 4) is 0 Å². The number of likely N-dealkylation sites (tertiary alicyclic amines) is 1. The average molecular weight is 425 g/mol. The van der Waals surface area contributed by atoms with E-state index in [-0.39, 0.29) is 25.2 Å². The highest BCUT2D eigenvalue weighted by molar-refractivity contribution is 5.67. The van der Waals surface area contributed by atoms with Gasteiger partial charge in [-0.3, -0.25) is 14.6 Å². The number of hydroxylamine groups is 2. The number of benzene rings is 1. The van der Waals surface area contributed by atoms with Crippen molar-refractivity contribution >= 4 is 6.09 Å². The molecule has 2 rings (SSSR count). The number of rotatable bonds is 10. The maximum atomic E-state index is 11.6. The van der Waals surface area contributed by atoms with Crippen LogP contribution in [0.5, 0.6) is 0 Å². The molecule has 4 N–H and O–H groups in total. The average Bonchev–Trinajstić information content (AvgIpc) is 2.67. The van der Waals surface area contributed by atoms with Crippen molar-refractivity contribution in [3.63, 3.8) is 0 Å². The van der Waals surface area contributed by atoms with Gasteiger partial charge in [-0.15, -0.1) is 0 Å². The number of alkyl carbamates (subject to hydrolysis) is 1. The van der Waals surface area contributed by atoms with Crippen LogP contribution in [0.3, 0.4) is 0 Å². The summed E-state index contributed by atoms with van der Waals surface area (Å²) in [6.07, 6.45) is 0.341. The molecular formula is C21H36N4O5. The van der Waals surface area contributed by atoms with E-state index in [2.05, 4.69) is 21.2 Å². The second-order valence-corrected chi connectivity index (χ2v) is 8.51. The minimum atomic E-state index is -0.831. The number of nitrogens with zero attached hydrogens (tertiary/aromatic N) is 1. The van der Waals surface area contributed by atoms with E-state index in [0.717, 1.165) is 24.9 Å². The molecule has 1 unspecified atom stereocenters. The molecule has 9 nitrogen and oxygen atoms in total. The Morgan fingerprint density at radius 1 is 1.23 bits per heavy atom. The van der Waals surface area contributed by atoms with Gasteiger partial charge in [0.05, 0.1) is 19.3 Å². The summed E-state index contributed by atoms with van der Waals surface area (Å²) in [6.45, 7) is 7.16. The van der Waals surface area contributed by atoms with Crippen molar-refractivity contribution in [1.82, 2.24) is 21.2 Å². The highest BCUT2D eigenvalue weighted by atomic mass is 16.7. The van der Waals surface area contributed by atoms with Crippen LogP contribution in [0, 0.1) is 0 Å². The Morgan fingerprint density at radius 3 is 2.63 bits per heavy atom. The van der Waals surface area contributed by atoms with Gasteiger partial charge < -0.3 is 15.2 Å². The molecule has 1 saturated heterocycles. The number of piperidine rings is 1. The molecule has 1 aliphatic rings. The molecule has 1 heterocycles. The number of carbonyl (C=O) groups excluding carboxylic acids is 1. The van der Waals surface area contributed by atoms with Gasteiger partial charge in [0, 0.05) is 19.1 Å². The Labute approximate surface area is 179 Å². The molecule has 1 fully saturated rings. The standard InChI is InChI=1S/C21H36N4O5/c1-21(2,3)30-20(27)22-12-13-28-24-19(26)18-11-10-17(14-25(18)4)23-29-15-16-8-6-5-7-9-16/h5-9,17-19,23-24,26H,10-15H2,1-4H3,(H,22,27)/t17-,18+,19?/m1/s1. The number of likely N-dealkylation sites (N-methyl/N-ethyl adjacent to an activating group) is 1. The summed E-state index contributed by atoms with van der Waals surface area (Å²) in [5.74, 6) is 0. The van der Waals surface area contributed by atoms with E-state index < -0.39 is 17.9 Å². The SMILES string of the molecule is CN1C[C@H](NOCc2ccccc2)CC[C@H]1C(O)NOCCNC(=O)OC(C)(C)C. The summed E-state index contributed by atoms with van der Waals surface area (Å²) in [5.41, 5.74) is 6.35. The molecule has 1 amide bonds. The summed E-state index contributed by atoms with van der Waals surface area (Å²) >= 11 is 0. The number of hydrogen-bond acceptors (Lipinski definition) is 8. The van der Waals surface area contributed by atoms with Gasteiger partial charge in [-0.1, -0.05) is 30.3 Å². The second-order valence-electron chi connectivity index (χ2n) is 8.51. The molecule has 1 aromatic carbocycles. The van der Waals surface area contributed by atoms with E-state index in [4.69, 9.17) is 14.4 Å². The minimum absolute atomic E-state index is 0.0732. The summed E-state index contributed by atoms with van der Waals surface area (Å²) in [5, 5.41) is 13.0. The first-order valence-electron chi connectivity index (χ1n) is 10.4. The van der Waals surface area contributed by atoms with Gasteiger partial charge in [-0.05, 0) is 46.2 Å². The van der Waals surface area contributed by atoms with Crippen LogP contribution in [0.4, 0.5) is 4.79 Å². The molecule has 30 heavy (non-hydrogen) atoms. The zero-order chi connectivity index (χ0) is 22.0. The van der Waals surface area contributed by atoms with Crippen molar-refractivity contribution in [2.75, 3.05) is 26.7 Å². The van der Waals surface area contributed by atoms with Crippen LogP contribution in [0.1, 0.15) is 39.2 Å². The van der Waals surface area contributed by atoms with E-state index in [0.29, 0.717) is 6.61 Å². The molecule has 0 aliphatic carbocycles. The Kier molecular flexibility index (Phi) is 9.96. The zero-order valence-corrected chi connectivity index (χ0v) is 18.4. The van der Waals surface area contributed by atoms with Crippen LogP contribution >= 0.6 is 0 Å². The minimum Gasteiger partial charge on any atom is -0.444 e. The number of hydrogen-bond donors (Lipinski definition) is 4. The van der Waals surface area contributed by atoms with Crippen LogP contribution in [-0.2, 0) is 21.0 Å².